The molecule has 10 heteroatoms. The minimum absolute atomic E-state index is 0.00993. The average Bonchev–Trinajstić information content (AvgIpc) is 3.51. The maximum atomic E-state index is 14.1. The first kappa shape index (κ1) is 34.6. The van der Waals surface area contributed by atoms with E-state index in [2.05, 4.69) is 5.43 Å². The molecule has 45 heavy (non-hydrogen) atoms. The van der Waals surface area contributed by atoms with Gasteiger partial charge >= 0.3 is 0 Å². The Balaban J connectivity index is 1.68. The molecule has 0 aromatic heterocycles. The quantitative estimate of drug-likeness (QED) is 0.253. The summed E-state index contributed by atoms with van der Waals surface area (Å²) in [5.74, 6) is -0.677. The highest BCUT2D eigenvalue weighted by Crippen LogP contribution is 2.24. The molecule has 1 unspecified atom stereocenters. The van der Waals surface area contributed by atoms with E-state index in [0.29, 0.717) is 0 Å². The van der Waals surface area contributed by atoms with Crippen LogP contribution in [-0.2, 0) is 26.0 Å². The number of sulfonamides is 1. The van der Waals surface area contributed by atoms with Crippen molar-refractivity contribution in [1.82, 2.24) is 19.6 Å². The number of fused-ring (bicyclic) bond motifs is 1. The van der Waals surface area contributed by atoms with Crippen LogP contribution in [0.5, 0.6) is 0 Å². The highest BCUT2D eigenvalue weighted by molar-refractivity contribution is 7.89. The normalized spacial score (nSPS) is 15.6. The second kappa shape index (κ2) is 15.8. The lowest BCUT2D eigenvalue weighted by atomic mass is 9.99. The van der Waals surface area contributed by atoms with Crippen LogP contribution in [0.1, 0.15) is 52.5 Å². The molecule has 1 fully saturated rings. The lowest BCUT2D eigenvalue weighted by molar-refractivity contribution is -0.148. The predicted molar refractivity (Wildman–Crippen MR) is 178 cm³/mol. The van der Waals surface area contributed by atoms with Gasteiger partial charge in [-0.15, -0.1) is 0 Å². The van der Waals surface area contributed by atoms with Crippen molar-refractivity contribution in [2.24, 2.45) is 11.8 Å². The zero-order valence-electron chi connectivity index (χ0n) is 26.9. The average molecular weight is 637 g/mol. The van der Waals surface area contributed by atoms with E-state index in [-0.39, 0.29) is 61.0 Å². The van der Waals surface area contributed by atoms with Crippen molar-refractivity contribution >= 4 is 32.6 Å². The van der Waals surface area contributed by atoms with Crippen LogP contribution >= 0.6 is 0 Å². The van der Waals surface area contributed by atoms with Gasteiger partial charge in [0.1, 0.15) is 0 Å². The van der Waals surface area contributed by atoms with Crippen molar-refractivity contribution in [3.05, 3.63) is 78.4 Å². The summed E-state index contributed by atoms with van der Waals surface area (Å²) >= 11 is 0. The molecule has 3 aromatic rings. The van der Waals surface area contributed by atoms with Gasteiger partial charge in [0, 0.05) is 19.5 Å². The minimum Gasteiger partial charge on any atom is -0.390 e. The zero-order valence-corrected chi connectivity index (χ0v) is 27.7. The van der Waals surface area contributed by atoms with E-state index in [1.807, 2.05) is 87.2 Å². The Morgan fingerprint density at radius 1 is 0.867 bits per heavy atom. The number of carbonyl (C=O) groups excluding carboxylic acids is 2. The third kappa shape index (κ3) is 9.59. The Morgan fingerprint density at radius 3 is 2.16 bits per heavy atom. The maximum Gasteiger partial charge on any atom is 0.252 e. The van der Waals surface area contributed by atoms with Crippen LogP contribution < -0.4 is 5.43 Å². The van der Waals surface area contributed by atoms with Crippen molar-refractivity contribution in [1.29, 1.82) is 0 Å². The second-order valence-electron chi connectivity index (χ2n) is 12.9. The molecular formula is C35H48N4O5S. The molecule has 0 radical (unpaired) electrons. The van der Waals surface area contributed by atoms with Gasteiger partial charge in [-0.05, 0) is 72.7 Å². The molecule has 1 aliphatic heterocycles. The summed E-state index contributed by atoms with van der Waals surface area (Å²) in [5, 5.41) is 14.9. The van der Waals surface area contributed by atoms with Gasteiger partial charge in [0.15, 0.2) is 0 Å². The first-order valence-corrected chi connectivity index (χ1v) is 17.4. The molecule has 3 aromatic carbocycles. The standard InChI is InChI=1S/C35H48N4O5S/c1-26(2)20-35(42)39(36-34(41)25-37-18-10-11-19-37)32(21-28-12-6-5-7-13-28)33(40)24-38(23-27(3)4)45(43,44)31-17-16-29-14-8-9-15-30(29)22-31/h5-9,12-17,22,26-27,32-33,40H,10-11,18-21,23-25H2,1-4H3,(H,36,41)/t32?,33-/m1/s1. The summed E-state index contributed by atoms with van der Waals surface area (Å²) in [5.41, 5.74) is 3.68. The lowest BCUT2D eigenvalue weighted by Crippen LogP contribution is -2.60. The van der Waals surface area contributed by atoms with Crippen LogP contribution in [0.15, 0.2) is 77.7 Å². The fraction of sp³-hybridized carbons (Fsp3) is 0.486. The number of hydrogen-bond acceptors (Lipinski definition) is 6. The monoisotopic (exact) mass is 636 g/mol. The molecule has 9 nitrogen and oxygen atoms in total. The summed E-state index contributed by atoms with van der Waals surface area (Å²) in [6.07, 6.45) is 1.13. The van der Waals surface area contributed by atoms with Crippen molar-refractivity contribution < 1.29 is 23.1 Å². The van der Waals surface area contributed by atoms with Crippen molar-refractivity contribution in [2.75, 3.05) is 32.7 Å². The van der Waals surface area contributed by atoms with Gasteiger partial charge in [-0.1, -0.05) is 88.4 Å². The van der Waals surface area contributed by atoms with E-state index in [1.54, 1.807) is 18.2 Å². The molecule has 0 aliphatic carbocycles. The number of benzene rings is 3. The van der Waals surface area contributed by atoms with E-state index >= 15 is 0 Å². The van der Waals surface area contributed by atoms with Gasteiger partial charge in [0.2, 0.25) is 15.9 Å². The summed E-state index contributed by atoms with van der Waals surface area (Å²) in [6.45, 7) is 9.40. The van der Waals surface area contributed by atoms with Gasteiger partial charge in [-0.2, -0.15) is 4.31 Å². The Kier molecular flexibility index (Phi) is 12.1. The fourth-order valence-corrected chi connectivity index (χ4v) is 7.49. The number of nitrogens with zero attached hydrogens (tertiary/aromatic N) is 3. The molecule has 1 heterocycles. The van der Waals surface area contributed by atoms with Crippen LogP contribution in [0.25, 0.3) is 10.8 Å². The number of hydrogen-bond donors (Lipinski definition) is 2. The fourth-order valence-electron chi connectivity index (χ4n) is 5.83. The molecule has 2 amide bonds. The third-order valence-electron chi connectivity index (χ3n) is 8.04. The molecule has 0 bridgehead atoms. The molecule has 1 saturated heterocycles. The van der Waals surface area contributed by atoms with Crippen LogP contribution in [0.4, 0.5) is 0 Å². The zero-order chi connectivity index (χ0) is 32.6. The van der Waals surface area contributed by atoms with E-state index in [4.69, 9.17) is 0 Å². The van der Waals surface area contributed by atoms with Crippen LogP contribution in [0.3, 0.4) is 0 Å². The molecule has 2 atom stereocenters. The first-order valence-electron chi connectivity index (χ1n) is 16.0. The van der Waals surface area contributed by atoms with E-state index < -0.39 is 22.2 Å². The molecule has 244 valence electrons. The molecule has 1 aliphatic rings. The number of aliphatic hydroxyl groups excluding tert-OH is 1. The van der Waals surface area contributed by atoms with Gasteiger partial charge < -0.3 is 5.11 Å². The molecule has 2 N–H and O–H groups in total. The summed E-state index contributed by atoms with van der Waals surface area (Å²) in [4.78, 5) is 29.2. The third-order valence-corrected chi connectivity index (χ3v) is 9.87. The van der Waals surface area contributed by atoms with E-state index in [0.717, 1.165) is 42.3 Å². The Bertz CT molecular complexity index is 1520. The number of hydrazine groups is 1. The van der Waals surface area contributed by atoms with Crippen LogP contribution in [-0.4, -0.2) is 84.4 Å². The maximum absolute atomic E-state index is 14.1. The number of nitrogens with one attached hydrogen (secondary N) is 1. The van der Waals surface area contributed by atoms with Crippen molar-refractivity contribution in [3.63, 3.8) is 0 Å². The molecular weight excluding hydrogens is 588 g/mol. The SMILES string of the molecule is CC(C)CC(=O)N(NC(=O)CN1CCCC1)C(Cc1ccccc1)[C@H](O)CN(CC(C)C)S(=O)(=O)c1ccc2ccccc2c1. The summed E-state index contributed by atoms with van der Waals surface area (Å²) < 4.78 is 29.5. The molecule has 4 rings (SSSR count). The van der Waals surface area contributed by atoms with Crippen molar-refractivity contribution in [3.8, 4) is 0 Å². The highest BCUT2D eigenvalue weighted by Gasteiger charge is 2.36. The largest absolute Gasteiger partial charge is 0.390 e. The van der Waals surface area contributed by atoms with Gasteiger partial charge in [-0.25, -0.2) is 13.4 Å². The Hall–Kier alpha value is -3.31. The lowest BCUT2D eigenvalue weighted by Gasteiger charge is -2.37. The predicted octanol–water partition coefficient (Wildman–Crippen LogP) is 4.46. The first-order chi connectivity index (χ1) is 21.4. The van der Waals surface area contributed by atoms with E-state index in [1.165, 1.54) is 9.31 Å². The number of rotatable bonds is 14. The topological polar surface area (TPSA) is 110 Å². The van der Waals surface area contributed by atoms with Crippen LogP contribution in [0, 0.1) is 11.8 Å². The second-order valence-corrected chi connectivity index (χ2v) is 14.9. The smallest absolute Gasteiger partial charge is 0.252 e. The minimum atomic E-state index is -4.02. The number of likely N-dealkylation sites (tertiary alicyclic amines) is 1. The Labute approximate surface area is 268 Å². The van der Waals surface area contributed by atoms with Crippen LogP contribution in [0.2, 0.25) is 0 Å². The summed E-state index contributed by atoms with van der Waals surface area (Å²) in [6, 6.07) is 21.1. The van der Waals surface area contributed by atoms with Gasteiger partial charge in [0.05, 0.1) is 23.6 Å². The van der Waals surface area contributed by atoms with E-state index in [9.17, 15) is 23.1 Å². The number of carbonyl (C=O) groups is 2. The molecule has 0 spiro atoms. The summed E-state index contributed by atoms with van der Waals surface area (Å²) in [7, 11) is -4.02. The highest BCUT2D eigenvalue weighted by atomic mass is 32.2. The molecule has 0 saturated carbocycles. The Morgan fingerprint density at radius 2 is 1.51 bits per heavy atom. The number of amides is 2. The van der Waals surface area contributed by atoms with Crippen molar-refractivity contribution in [2.45, 2.75) is 70.4 Å². The number of aliphatic hydroxyl groups is 1. The van der Waals surface area contributed by atoms with Gasteiger partial charge in [-0.3, -0.25) is 19.9 Å². The van der Waals surface area contributed by atoms with Gasteiger partial charge in [0.25, 0.3) is 5.91 Å².